The molecule has 138 valence electrons. The maximum Gasteiger partial charge on any atom is 0.224 e. The SMILES string of the molecule is Cc1cccc(NC(=O)CCc2cccc(Nc3nc(Cl)ncc3Cl)c2)c1. The zero-order chi connectivity index (χ0) is 19.2. The lowest BCUT2D eigenvalue weighted by Crippen LogP contribution is -2.12. The Hall–Kier alpha value is -2.63. The lowest BCUT2D eigenvalue weighted by molar-refractivity contribution is -0.116. The molecule has 3 rings (SSSR count). The molecule has 0 aliphatic rings. The number of benzene rings is 2. The van der Waals surface area contributed by atoms with Gasteiger partial charge in [0.05, 0.1) is 6.20 Å². The third kappa shape index (κ3) is 5.67. The molecule has 0 saturated heterocycles. The first-order valence-corrected chi connectivity index (χ1v) is 9.16. The van der Waals surface area contributed by atoms with Gasteiger partial charge >= 0.3 is 0 Å². The number of nitrogens with zero attached hydrogens (tertiary/aromatic N) is 2. The van der Waals surface area contributed by atoms with Crippen LogP contribution in [0.15, 0.2) is 54.7 Å². The van der Waals surface area contributed by atoms with E-state index >= 15 is 0 Å². The van der Waals surface area contributed by atoms with Crippen LogP contribution in [0.1, 0.15) is 17.5 Å². The van der Waals surface area contributed by atoms with E-state index in [0.29, 0.717) is 23.7 Å². The third-order valence-electron chi connectivity index (χ3n) is 3.85. The Balaban J connectivity index is 1.60. The Morgan fingerprint density at radius 1 is 1.07 bits per heavy atom. The molecule has 0 unspecified atom stereocenters. The van der Waals surface area contributed by atoms with Gasteiger partial charge in [-0.25, -0.2) is 4.98 Å². The van der Waals surface area contributed by atoms with E-state index in [1.165, 1.54) is 6.20 Å². The monoisotopic (exact) mass is 400 g/mol. The second-order valence-corrected chi connectivity index (χ2v) is 6.82. The molecule has 0 atom stereocenters. The number of anilines is 3. The Labute approximate surface area is 167 Å². The largest absolute Gasteiger partial charge is 0.339 e. The molecular weight excluding hydrogens is 383 g/mol. The molecule has 0 fully saturated rings. The predicted molar refractivity (Wildman–Crippen MR) is 110 cm³/mol. The predicted octanol–water partition coefficient (Wildman–Crippen LogP) is 5.41. The summed E-state index contributed by atoms with van der Waals surface area (Å²) in [6, 6.07) is 15.5. The fraction of sp³-hybridized carbons (Fsp3) is 0.150. The van der Waals surface area contributed by atoms with Crippen molar-refractivity contribution in [3.05, 3.63) is 76.2 Å². The molecule has 3 aromatic rings. The van der Waals surface area contributed by atoms with Gasteiger partial charge < -0.3 is 10.6 Å². The first-order valence-electron chi connectivity index (χ1n) is 8.40. The normalized spacial score (nSPS) is 10.5. The van der Waals surface area contributed by atoms with Gasteiger partial charge in [0.25, 0.3) is 0 Å². The number of nitrogens with one attached hydrogen (secondary N) is 2. The van der Waals surface area contributed by atoms with Crippen molar-refractivity contribution in [2.45, 2.75) is 19.8 Å². The molecule has 0 spiro atoms. The van der Waals surface area contributed by atoms with Crippen molar-refractivity contribution < 1.29 is 4.79 Å². The van der Waals surface area contributed by atoms with Crippen molar-refractivity contribution in [3.63, 3.8) is 0 Å². The molecule has 2 N–H and O–H groups in total. The molecular formula is C20H18Cl2N4O. The quantitative estimate of drug-likeness (QED) is 0.543. The highest BCUT2D eigenvalue weighted by Crippen LogP contribution is 2.24. The molecule has 27 heavy (non-hydrogen) atoms. The van der Waals surface area contributed by atoms with E-state index in [4.69, 9.17) is 23.2 Å². The molecule has 0 aliphatic carbocycles. The van der Waals surface area contributed by atoms with Crippen LogP contribution >= 0.6 is 23.2 Å². The van der Waals surface area contributed by atoms with Crippen LogP contribution in [-0.2, 0) is 11.2 Å². The average Bonchev–Trinajstić information content (AvgIpc) is 2.63. The Morgan fingerprint density at radius 3 is 2.67 bits per heavy atom. The Bertz CT molecular complexity index is 962. The number of hydrogen-bond donors (Lipinski definition) is 2. The zero-order valence-corrected chi connectivity index (χ0v) is 16.2. The summed E-state index contributed by atoms with van der Waals surface area (Å²) < 4.78 is 0. The second-order valence-electron chi connectivity index (χ2n) is 6.08. The first kappa shape index (κ1) is 19.1. The minimum absolute atomic E-state index is 0.0235. The highest BCUT2D eigenvalue weighted by molar-refractivity contribution is 6.33. The molecule has 0 saturated carbocycles. The number of rotatable bonds is 6. The van der Waals surface area contributed by atoms with Gasteiger partial charge in [0, 0.05) is 17.8 Å². The summed E-state index contributed by atoms with van der Waals surface area (Å²) in [5.74, 6) is 0.413. The number of halogens is 2. The Kier molecular flexibility index (Phi) is 6.27. The molecule has 2 aromatic carbocycles. The number of aromatic nitrogens is 2. The van der Waals surface area contributed by atoms with Gasteiger partial charge in [0.15, 0.2) is 5.82 Å². The summed E-state index contributed by atoms with van der Waals surface area (Å²) >= 11 is 11.9. The minimum Gasteiger partial charge on any atom is -0.339 e. The highest BCUT2D eigenvalue weighted by atomic mass is 35.5. The van der Waals surface area contributed by atoms with Crippen molar-refractivity contribution in [1.29, 1.82) is 0 Å². The second kappa shape index (κ2) is 8.84. The summed E-state index contributed by atoms with van der Waals surface area (Å²) in [5.41, 5.74) is 3.75. The number of amides is 1. The summed E-state index contributed by atoms with van der Waals surface area (Å²) in [7, 11) is 0. The van der Waals surface area contributed by atoms with Crippen LogP contribution < -0.4 is 10.6 Å². The fourth-order valence-electron chi connectivity index (χ4n) is 2.58. The van der Waals surface area contributed by atoms with E-state index in [-0.39, 0.29) is 11.2 Å². The van der Waals surface area contributed by atoms with Gasteiger partial charge in [0.2, 0.25) is 11.2 Å². The lowest BCUT2D eigenvalue weighted by atomic mass is 10.1. The third-order valence-corrected chi connectivity index (χ3v) is 4.31. The molecule has 0 radical (unpaired) electrons. The van der Waals surface area contributed by atoms with Crippen molar-refractivity contribution in [3.8, 4) is 0 Å². The number of carbonyl (C=O) groups is 1. The van der Waals surface area contributed by atoms with Crippen LogP contribution in [0.5, 0.6) is 0 Å². The zero-order valence-electron chi connectivity index (χ0n) is 14.7. The van der Waals surface area contributed by atoms with Crippen molar-refractivity contribution in [1.82, 2.24) is 9.97 Å². The van der Waals surface area contributed by atoms with Crippen molar-refractivity contribution in [2.75, 3.05) is 10.6 Å². The van der Waals surface area contributed by atoms with Crippen LogP contribution in [-0.4, -0.2) is 15.9 Å². The fourth-order valence-corrected chi connectivity index (χ4v) is 2.85. The van der Waals surface area contributed by atoms with Gasteiger partial charge in [-0.2, -0.15) is 4.98 Å². The maximum atomic E-state index is 12.2. The van der Waals surface area contributed by atoms with Gasteiger partial charge in [0.1, 0.15) is 5.02 Å². The standard InChI is InChI=1S/C20H18Cl2N4O/c1-13-4-2-6-15(10-13)24-18(27)9-8-14-5-3-7-16(11-14)25-19-17(21)12-23-20(22)26-19/h2-7,10-12H,8-9H2,1H3,(H,24,27)(H,23,25,26). The summed E-state index contributed by atoms with van der Waals surface area (Å²) in [5, 5.41) is 6.53. The maximum absolute atomic E-state index is 12.2. The number of carbonyl (C=O) groups excluding carboxylic acids is 1. The molecule has 5 nitrogen and oxygen atoms in total. The minimum atomic E-state index is -0.0235. The van der Waals surface area contributed by atoms with Crippen molar-refractivity contribution in [2.24, 2.45) is 0 Å². The number of hydrogen-bond acceptors (Lipinski definition) is 4. The van der Waals surface area contributed by atoms with E-state index in [2.05, 4.69) is 20.6 Å². The molecule has 0 bridgehead atoms. The first-order chi connectivity index (χ1) is 13.0. The van der Waals surface area contributed by atoms with Crippen LogP contribution in [0.3, 0.4) is 0 Å². The molecule has 1 heterocycles. The highest BCUT2D eigenvalue weighted by Gasteiger charge is 2.07. The Morgan fingerprint density at radius 2 is 1.85 bits per heavy atom. The summed E-state index contributed by atoms with van der Waals surface area (Å²) in [6.45, 7) is 1.99. The van der Waals surface area contributed by atoms with E-state index < -0.39 is 0 Å². The van der Waals surface area contributed by atoms with Crippen LogP contribution in [0, 0.1) is 6.92 Å². The van der Waals surface area contributed by atoms with Crippen LogP contribution in [0.4, 0.5) is 17.2 Å². The van der Waals surface area contributed by atoms with Crippen LogP contribution in [0.25, 0.3) is 0 Å². The van der Waals surface area contributed by atoms with Crippen LogP contribution in [0.2, 0.25) is 10.3 Å². The lowest BCUT2D eigenvalue weighted by Gasteiger charge is -2.10. The topological polar surface area (TPSA) is 66.9 Å². The van der Waals surface area contributed by atoms with E-state index in [0.717, 1.165) is 22.5 Å². The molecule has 1 aromatic heterocycles. The van der Waals surface area contributed by atoms with Crippen molar-refractivity contribution >= 4 is 46.3 Å². The number of aryl methyl sites for hydroxylation is 2. The molecule has 0 aliphatic heterocycles. The van der Waals surface area contributed by atoms with E-state index in [1.54, 1.807) is 0 Å². The van der Waals surface area contributed by atoms with Gasteiger partial charge in [-0.1, -0.05) is 35.9 Å². The molecule has 1 amide bonds. The van der Waals surface area contributed by atoms with E-state index in [9.17, 15) is 4.79 Å². The smallest absolute Gasteiger partial charge is 0.224 e. The van der Waals surface area contributed by atoms with Gasteiger partial charge in [-0.05, 0) is 60.3 Å². The molecule has 7 heteroatoms. The van der Waals surface area contributed by atoms with E-state index in [1.807, 2.05) is 55.5 Å². The summed E-state index contributed by atoms with van der Waals surface area (Å²) in [4.78, 5) is 20.1. The average molecular weight is 401 g/mol. The van der Waals surface area contributed by atoms with Gasteiger partial charge in [-0.15, -0.1) is 0 Å². The van der Waals surface area contributed by atoms with Gasteiger partial charge in [-0.3, -0.25) is 4.79 Å². The summed E-state index contributed by atoms with van der Waals surface area (Å²) in [6.07, 6.45) is 2.45.